The number of hydrogen-bond acceptors (Lipinski definition) is 3. The summed E-state index contributed by atoms with van der Waals surface area (Å²) < 4.78 is 0. The van der Waals surface area contributed by atoms with E-state index in [1.54, 1.807) is 0 Å². The summed E-state index contributed by atoms with van der Waals surface area (Å²) in [5, 5.41) is 5.54. The molecule has 106 valence electrons. The summed E-state index contributed by atoms with van der Waals surface area (Å²) >= 11 is 0. The summed E-state index contributed by atoms with van der Waals surface area (Å²) in [7, 11) is 0. The van der Waals surface area contributed by atoms with Gasteiger partial charge in [-0.05, 0) is 19.4 Å². The predicted molar refractivity (Wildman–Crippen MR) is 73.0 cm³/mol. The minimum Gasteiger partial charge on any atom is -0.354 e. The van der Waals surface area contributed by atoms with Gasteiger partial charge in [-0.2, -0.15) is 0 Å². The van der Waals surface area contributed by atoms with Gasteiger partial charge in [-0.25, -0.2) is 0 Å². The molecule has 0 heterocycles. The molecule has 4 N–H and O–H groups in total. The largest absolute Gasteiger partial charge is 0.354 e. The van der Waals surface area contributed by atoms with Crippen LogP contribution >= 0.6 is 0 Å². The van der Waals surface area contributed by atoms with Crippen molar-refractivity contribution in [1.82, 2.24) is 10.6 Å². The van der Waals surface area contributed by atoms with E-state index in [1.807, 2.05) is 13.8 Å². The van der Waals surface area contributed by atoms with Crippen LogP contribution in [0.3, 0.4) is 0 Å². The van der Waals surface area contributed by atoms with Crippen molar-refractivity contribution in [1.29, 1.82) is 0 Å². The molecule has 0 aliphatic heterocycles. The molecular formula is C13H27N3O2. The Balaban J connectivity index is 3.34. The third kappa shape index (κ3) is 10.1. The third-order valence-corrected chi connectivity index (χ3v) is 2.63. The van der Waals surface area contributed by atoms with E-state index in [4.69, 9.17) is 5.73 Å². The van der Waals surface area contributed by atoms with E-state index in [2.05, 4.69) is 10.6 Å². The maximum Gasteiger partial charge on any atom is 0.222 e. The molecule has 0 bridgehead atoms. The predicted octanol–water partition coefficient (Wildman–Crippen LogP) is 0.784. The van der Waals surface area contributed by atoms with Crippen molar-refractivity contribution in [2.75, 3.05) is 19.6 Å². The lowest BCUT2D eigenvalue weighted by Gasteiger charge is -2.08. The highest BCUT2D eigenvalue weighted by Gasteiger charge is 2.05. The van der Waals surface area contributed by atoms with Gasteiger partial charge in [-0.1, -0.05) is 26.7 Å². The zero-order valence-corrected chi connectivity index (χ0v) is 11.6. The van der Waals surface area contributed by atoms with E-state index >= 15 is 0 Å². The van der Waals surface area contributed by atoms with Crippen LogP contribution in [-0.4, -0.2) is 31.4 Å². The van der Waals surface area contributed by atoms with E-state index in [0.29, 0.717) is 19.5 Å². The maximum absolute atomic E-state index is 11.4. The smallest absolute Gasteiger partial charge is 0.222 e. The fraction of sp³-hybridized carbons (Fsp3) is 0.846. The minimum atomic E-state index is -0.0109. The standard InChI is InChI=1S/C13H27N3O2/c1-11(2)13(18)16-10-9-15-12(17)7-5-3-4-6-8-14/h11H,3-10,14H2,1-2H3,(H,15,17)(H,16,18). The summed E-state index contributed by atoms with van der Waals surface area (Å²) in [5.41, 5.74) is 5.38. The molecule has 5 nitrogen and oxygen atoms in total. The Kier molecular flexibility index (Phi) is 10.3. The van der Waals surface area contributed by atoms with Gasteiger partial charge in [0.2, 0.25) is 11.8 Å². The van der Waals surface area contributed by atoms with Crippen molar-refractivity contribution >= 4 is 11.8 Å². The fourth-order valence-electron chi connectivity index (χ4n) is 1.46. The highest BCUT2D eigenvalue weighted by atomic mass is 16.2. The lowest BCUT2D eigenvalue weighted by Crippen LogP contribution is -2.36. The second-order valence-corrected chi connectivity index (χ2v) is 4.75. The Morgan fingerprint density at radius 3 is 2.22 bits per heavy atom. The molecule has 0 radical (unpaired) electrons. The molecule has 0 rings (SSSR count). The summed E-state index contributed by atoms with van der Waals surface area (Å²) in [5.74, 6) is 0.0656. The number of carbonyl (C=O) groups is 2. The highest BCUT2D eigenvalue weighted by Crippen LogP contribution is 2.01. The van der Waals surface area contributed by atoms with Crippen LogP contribution in [0.2, 0.25) is 0 Å². The number of nitrogens with one attached hydrogen (secondary N) is 2. The second kappa shape index (κ2) is 11.0. The SMILES string of the molecule is CC(C)C(=O)NCCNC(=O)CCCCCCN. The summed E-state index contributed by atoms with van der Waals surface area (Å²) in [4.78, 5) is 22.6. The van der Waals surface area contributed by atoms with Crippen LogP contribution in [0.5, 0.6) is 0 Å². The van der Waals surface area contributed by atoms with Crippen LogP contribution in [0.1, 0.15) is 46.0 Å². The molecule has 18 heavy (non-hydrogen) atoms. The van der Waals surface area contributed by atoms with E-state index in [0.717, 1.165) is 32.2 Å². The average Bonchev–Trinajstić information content (AvgIpc) is 2.34. The van der Waals surface area contributed by atoms with Crippen LogP contribution in [0.15, 0.2) is 0 Å². The lowest BCUT2D eigenvalue weighted by molar-refractivity contribution is -0.124. The van der Waals surface area contributed by atoms with Crippen LogP contribution in [0.4, 0.5) is 0 Å². The van der Waals surface area contributed by atoms with Crippen molar-refractivity contribution in [3.05, 3.63) is 0 Å². The summed E-state index contributed by atoms with van der Waals surface area (Å²) in [6.07, 6.45) is 4.64. The Labute approximate surface area is 110 Å². The molecule has 0 saturated heterocycles. The first-order valence-corrected chi connectivity index (χ1v) is 6.82. The molecule has 0 aliphatic carbocycles. The lowest BCUT2D eigenvalue weighted by atomic mass is 10.1. The van der Waals surface area contributed by atoms with E-state index in [-0.39, 0.29) is 17.7 Å². The van der Waals surface area contributed by atoms with Gasteiger partial charge < -0.3 is 16.4 Å². The van der Waals surface area contributed by atoms with Gasteiger partial charge in [-0.15, -0.1) is 0 Å². The average molecular weight is 257 g/mol. The number of carbonyl (C=O) groups excluding carboxylic acids is 2. The number of nitrogens with two attached hydrogens (primary N) is 1. The van der Waals surface area contributed by atoms with Crippen LogP contribution in [0, 0.1) is 5.92 Å². The summed E-state index contributed by atoms with van der Waals surface area (Å²) in [6.45, 7) is 5.41. The Bertz CT molecular complexity index is 242. The number of unbranched alkanes of at least 4 members (excludes halogenated alkanes) is 3. The van der Waals surface area contributed by atoms with Crippen LogP contribution < -0.4 is 16.4 Å². The normalized spacial score (nSPS) is 10.4. The van der Waals surface area contributed by atoms with Gasteiger partial charge in [0.25, 0.3) is 0 Å². The summed E-state index contributed by atoms with van der Waals surface area (Å²) in [6, 6.07) is 0. The van der Waals surface area contributed by atoms with Gasteiger partial charge in [0, 0.05) is 25.4 Å². The third-order valence-electron chi connectivity index (χ3n) is 2.63. The molecule has 0 atom stereocenters. The molecule has 5 heteroatoms. The van der Waals surface area contributed by atoms with Crippen molar-refractivity contribution in [2.45, 2.75) is 46.0 Å². The zero-order valence-electron chi connectivity index (χ0n) is 11.6. The first-order chi connectivity index (χ1) is 8.57. The number of rotatable bonds is 10. The van der Waals surface area contributed by atoms with Gasteiger partial charge in [-0.3, -0.25) is 9.59 Å². The topological polar surface area (TPSA) is 84.2 Å². The molecule has 0 unspecified atom stereocenters. The molecule has 0 spiro atoms. The van der Waals surface area contributed by atoms with Crippen LogP contribution in [0.25, 0.3) is 0 Å². The van der Waals surface area contributed by atoms with Gasteiger partial charge in [0.15, 0.2) is 0 Å². The van der Waals surface area contributed by atoms with Gasteiger partial charge in [0.05, 0.1) is 0 Å². The van der Waals surface area contributed by atoms with Crippen molar-refractivity contribution in [3.63, 3.8) is 0 Å². The first kappa shape index (κ1) is 16.9. The quantitative estimate of drug-likeness (QED) is 0.506. The van der Waals surface area contributed by atoms with E-state index in [1.165, 1.54) is 0 Å². The molecule has 0 aliphatic rings. The molecule has 0 aromatic carbocycles. The van der Waals surface area contributed by atoms with Crippen molar-refractivity contribution < 1.29 is 9.59 Å². The Hall–Kier alpha value is -1.10. The Morgan fingerprint density at radius 2 is 1.61 bits per heavy atom. The highest BCUT2D eigenvalue weighted by molar-refractivity contribution is 5.78. The minimum absolute atomic E-state index is 0.0109. The Morgan fingerprint density at radius 1 is 1.00 bits per heavy atom. The van der Waals surface area contributed by atoms with E-state index in [9.17, 15) is 9.59 Å². The van der Waals surface area contributed by atoms with Gasteiger partial charge >= 0.3 is 0 Å². The molecule has 0 aromatic rings. The number of hydrogen-bond donors (Lipinski definition) is 3. The monoisotopic (exact) mass is 257 g/mol. The molecular weight excluding hydrogens is 230 g/mol. The first-order valence-electron chi connectivity index (χ1n) is 6.82. The van der Waals surface area contributed by atoms with Crippen molar-refractivity contribution in [2.24, 2.45) is 11.7 Å². The molecule has 0 saturated carbocycles. The second-order valence-electron chi connectivity index (χ2n) is 4.75. The maximum atomic E-state index is 11.4. The van der Waals surface area contributed by atoms with Crippen LogP contribution in [-0.2, 0) is 9.59 Å². The fourth-order valence-corrected chi connectivity index (χ4v) is 1.46. The molecule has 0 fully saturated rings. The zero-order chi connectivity index (χ0) is 13.8. The van der Waals surface area contributed by atoms with Crippen molar-refractivity contribution in [3.8, 4) is 0 Å². The molecule has 0 aromatic heterocycles. The molecule has 2 amide bonds. The number of amides is 2. The van der Waals surface area contributed by atoms with E-state index < -0.39 is 0 Å². The van der Waals surface area contributed by atoms with Gasteiger partial charge in [0.1, 0.15) is 0 Å².